The highest BCUT2D eigenvalue weighted by molar-refractivity contribution is 6.10. The first-order valence-electron chi connectivity index (χ1n) is 10.9. The van der Waals surface area contributed by atoms with E-state index < -0.39 is 18.5 Å². The fraction of sp³-hybridized carbons (Fsp3) is 0.107. The molecule has 6 heteroatoms. The highest BCUT2D eigenvalue weighted by Gasteiger charge is 2.19. The highest BCUT2D eigenvalue weighted by Crippen LogP contribution is 2.33. The molecule has 0 unspecified atom stereocenters. The molecule has 1 heterocycles. The Morgan fingerprint density at radius 2 is 1.68 bits per heavy atom. The molecule has 0 bridgehead atoms. The van der Waals surface area contributed by atoms with E-state index in [9.17, 15) is 9.59 Å². The number of anilines is 1. The van der Waals surface area contributed by atoms with Gasteiger partial charge in [-0.05, 0) is 60.7 Å². The van der Waals surface area contributed by atoms with Crippen molar-refractivity contribution >= 4 is 39.4 Å². The zero-order chi connectivity index (χ0) is 23.7. The van der Waals surface area contributed by atoms with Gasteiger partial charge in [0.05, 0.1) is 5.56 Å². The van der Waals surface area contributed by atoms with Gasteiger partial charge in [-0.3, -0.25) is 4.79 Å². The second-order valence-corrected chi connectivity index (χ2v) is 8.07. The second-order valence-electron chi connectivity index (χ2n) is 8.07. The molecule has 0 fully saturated rings. The molecular weight excluding hydrogens is 428 g/mol. The number of esters is 1. The monoisotopic (exact) mass is 450 g/mol. The Hall–Kier alpha value is -4.45. The van der Waals surface area contributed by atoms with E-state index in [1.165, 1.54) is 0 Å². The van der Waals surface area contributed by atoms with E-state index in [0.717, 1.165) is 22.0 Å². The van der Waals surface area contributed by atoms with E-state index in [4.69, 9.17) is 9.15 Å². The number of rotatable bonds is 5. The van der Waals surface area contributed by atoms with E-state index in [2.05, 4.69) is 10.3 Å². The lowest BCUT2D eigenvalue weighted by Crippen LogP contribution is -2.21. The summed E-state index contributed by atoms with van der Waals surface area (Å²) in [7, 11) is 0. The Morgan fingerprint density at radius 3 is 2.50 bits per heavy atom. The molecule has 5 aromatic rings. The fourth-order valence-corrected chi connectivity index (χ4v) is 3.96. The molecule has 34 heavy (non-hydrogen) atoms. The number of hydrogen-bond acceptors (Lipinski definition) is 5. The summed E-state index contributed by atoms with van der Waals surface area (Å²) in [6, 6.07) is 24.2. The number of nitrogens with zero attached hydrogens (tertiary/aromatic N) is 1. The first-order valence-corrected chi connectivity index (χ1v) is 10.9. The van der Waals surface area contributed by atoms with Gasteiger partial charge in [-0.2, -0.15) is 0 Å². The molecule has 5 rings (SSSR count). The minimum Gasteiger partial charge on any atom is -0.452 e. The van der Waals surface area contributed by atoms with Crippen molar-refractivity contribution in [2.75, 3.05) is 11.9 Å². The van der Waals surface area contributed by atoms with Gasteiger partial charge >= 0.3 is 5.97 Å². The molecule has 0 aliphatic rings. The lowest BCUT2D eigenvalue weighted by Gasteiger charge is -2.12. The lowest BCUT2D eigenvalue weighted by atomic mass is 9.99. The Bertz CT molecular complexity index is 1510. The van der Waals surface area contributed by atoms with Crippen molar-refractivity contribution < 1.29 is 18.7 Å². The zero-order valence-corrected chi connectivity index (χ0v) is 18.8. The Balaban J connectivity index is 1.42. The van der Waals surface area contributed by atoms with Gasteiger partial charge in [0.1, 0.15) is 5.52 Å². The van der Waals surface area contributed by atoms with Crippen LogP contribution in [0.1, 0.15) is 21.5 Å². The van der Waals surface area contributed by atoms with Crippen LogP contribution in [-0.2, 0) is 9.53 Å². The Labute approximate surface area is 196 Å². The molecule has 0 saturated heterocycles. The number of aryl methyl sites for hydroxylation is 1. The largest absolute Gasteiger partial charge is 0.452 e. The van der Waals surface area contributed by atoms with Crippen molar-refractivity contribution in [2.24, 2.45) is 0 Å². The molecule has 1 aromatic heterocycles. The molecule has 168 valence electrons. The van der Waals surface area contributed by atoms with E-state index in [0.29, 0.717) is 33.7 Å². The van der Waals surface area contributed by atoms with Crippen LogP contribution in [0.15, 0.2) is 83.3 Å². The van der Waals surface area contributed by atoms with Gasteiger partial charge in [-0.1, -0.05) is 48.5 Å². The van der Waals surface area contributed by atoms with Crippen LogP contribution in [0.3, 0.4) is 0 Å². The van der Waals surface area contributed by atoms with Gasteiger partial charge < -0.3 is 14.5 Å². The Kier molecular flexibility index (Phi) is 5.55. The smallest absolute Gasteiger partial charge is 0.339 e. The second kappa shape index (κ2) is 8.83. The number of nitrogens with one attached hydrogen (secondary N) is 1. The molecule has 0 aliphatic carbocycles. The molecule has 4 aromatic carbocycles. The minimum absolute atomic E-state index is 0.342. The number of hydrogen-bond donors (Lipinski definition) is 1. The molecule has 0 aliphatic heterocycles. The quantitative estimate of drug-likeness (QED) is 0.329. The number of carbonyl (C=O) groups excluding carboxylic acids is 2. The SMILES string of the molecule is Cc1cccc(NC(=O)COC(=O)c2cccc3cccc(-c4nc5ccccc5o4)c23)c1C. The maximum absolute atomic E-state index is 13.0. The average Bonchev–Trinajstić information content (AvgIpc) is 3.29. The van der Waals surface area contributed by atoms with Gasteiger partial charge in [-0.15, -0.1) is 0 Å². The summed E-state index contributed by atoms with van der Waals surface area (Å²) < 4.78 is 11.3. The third kappa shape index (κ3) is 4.01. The third-order valence-corrected chi connectivity index (χ3v) is 5.86. The molecule has 6 nitrogen and oxygen atoms in total. The molecule has 0 atom stereocenters. The summed E-state index contributed by atoms with van der Waals surface area (Å²) in [6.45, 7) is 3.51. The van der Waals surface area contributed by atoms with Gasteiger partial charge in [0.2, 0.25) is 5.89 Å². The summed E-state index contributed by atoms with van der Waals surface area (Å²) in [5.74, 6) is -0.577. The number of amides is 1. The van der Waals surface area contributed by atoms with Crippen LogP contribution in [0.5, 0.6) is 0 Å². The van der Waals surface area contributed by atoms with Crippen LogP contribution in [0.4, 0.5) is 5.69 Å². The predicted octanol–water partition coefficient (Wildman–Crippen LogP) is 6.06. The van der Waals surface area contributed by atoms with Gasteiger partial charge in [0, 0.05) is 16.6 Å². The van der Waals surface area contributed by atoms with Gasteiger partial charge in [0.25, 0.3) is 5.91 Å². The molecule has 0 saturated carbocycles. The van der Waals surface area contributed by atoms with Crippen molar-refractivity contribution in [3.05, 3.63) is 95.6 Å². The first-order chi connectivity index (χ1) is 16.5. The molecule has 0 radical (unpaired) electrons. The number of fused-ring (bicyclic) bond motifs is 2. The van der Waals surface area contributed by atoms with Crippen molar-refractivity contribution in [3.8, 4) is 11.5 Å². The number of para-hydroxylation sites is 2. The number of aromatic nitrogens is 1. The fourth-order valence-electron chi connectivity index (χ4n) is 3.96. The molecular formula is C28H22N2O4. The summed E-state index contributed by atoms with van der Waals surface area (Å²) in [5.41, 5.74) is 5.16. The standard InChI is InChI=1S/C28H22N2O4/c1-17-8-5-14-22(18(17)2)29-25(31)16-33-28(32)21-12-7-10-19-9-6-11-20(26(19)21)27-30-23-13-3-4-15-24(23)34-27/h3-15H,16H2,1-2H3,(H,29,31). The predicted molar refractivity (Wildman–Crippen MR) is 132 cm³/mol. The first kappa shape index (κ1) is 21.4. The van der Waals surface area contributed by atoms with Gasteiger partial charge in [-0.25, -0.2) is 9.78 Å². The molecule has 0 spiro atoms. The highest BCUT2D eigenvalue weighted by atomic mass is 16.5. The van der Waals surface area contributed by atoms with E-state index in [1.807, 2.05) is 80.6 Å². The summed E-state index contributed by atoms with van der Waals surface area (Å²) in [5, 5.41) is 4.31. The maximum Gasteiger partial charge on any atom is 0.339 e. The number of benzene rings is 4. The summed E-state index contributed by atoms with van der Waals surface area (Å²) in [6.07, 6.45) is 0. The normalized spacial score (nSPS) is 11.0. The van der Waals surface area contributed by atoms with E-state index >= 15 is 0 Å². The van der Waals surface area contributed by atoms with Crippen LogP contribution in [-0.4, -0.2) is 23.5 Å². The average molecular weight is 450 g/mol. The van der Waals surface area contributed by atoms with Crippen LogP contribution < -0.4 is 5.32 Å². The van der Waals surface area contributed by atoms with Crippen LogP contribution in [0.25, 0.3) is 33.3 Å². The Morgan fingerprint density at radius 1 is 0.912 bits per heavy atom. The van der Waals surface area contributed by atoms with Gasteiger partial charge in [0.15, 0.2) is 12.2 Å². The lowest BCUT2D eigenvalue weighted by molar-refractivity contribution is -0.119. The van der Waals surface area contributed by atoms with Crippen molar-refractivity contribution in [2.45, 2.75) is 13.8 Å². The maximum atomic E-state index is 13.0. The summed E-state index contributed by atoms with van der Waals surface area (Å²) >= 11 is 0. The van der Waals surface area contributed by atoms with Crippen LogP contribution in [0.2, 0.25) is 0 Å². The van der Waals surface area contributed by atoms with Crippen LogP contribution in [0, 0.1) is 13.8 Å². The number of oxazole rings is 1. The molecule has 1 N–H and O–H groups in total. The topological polar surface area (TPSA) is 81.4 Å². The minimum atomic E-state index is -0.592. The zero-order valence-electron chi connectivity index (χ0n) is 18.8. The molecule has 1 amide bonds. The van der Waals surface area contributed by atoms with Crippen molar-refractivity contribution in [3.63, 3.8) is 0 Å². The van der Waals surface area contributed by atoms with Crippen LogP contribution >= 0.6 is 0 Å². The van der Waals surface area contributed by atoms with Crippen molar-refractivity contribution in [1.29, 1.82) is 0 Å². The van der Waals surface area contributed by atoms with E-state index in [1.54, 1.807) is 12.1 Å². The van der Waals surface area contributed by atoms with Crippen molar-refractivity contribution in [1.82, 2.24) is 4.98 Å². The summed E-state index contributed by atoms with van der Waals surface area (Å²) in [4.78, 5) is 30.1. The number of carbonyl (C=O) groups is 2. The van der Waals surface area contributed by atoms with E-state index in [-0.39, 0.29) is 0 Å². The third-order valence-electron chi connectivity index (χ3n) is 5.86. The number of ether oxygens (including phenoxy) is 1.